The smallest absolute Gasteiger partial charge is 0.270 e. The fraction of sp³-hybridized carbons (Fsp3) is 0.389. The van der Waals surface area contributed by atoms with E-state index in [2.05, 4.69) is 4.98 Å². The third-order valence-electron chi connectivity index (χ3n) is 4.20. The monoisotopic (exact) mass is 382 g/mol. The SMILES string of the molecule is COc1cccc(CN(CC2CCCO2)C(=O)c2cc(Cl)c(Cl)[nH]2)c1. The Balaban J connectivity index is 1.81. The van der Waals surface area contributed by atoms with Crippen molar-refractivity contribution < 1.29 is 14.3 Å². The predicted octanol–water partition coefficient (Wildman–Crippen LogP) is 4.15. The number of carbonyl (C=O) groups excluding carboxylic acids is 1. The van der Waals surface area contributed by atoms with Crippen LogP contribution in [0.1, 0.15) is 28.9 Å². The summed E-state index contributed by atoms with van der Waals surface area (Å²) >= 11 is 11.9. The quantitative estimate of drug-likeness (QED) is 0.815. The minimum Gasteiger partial charge on any atom is -0.497 e. The molecule has 0 bridgehead atoms. The summed E-state index contributed by atoms with van der Waals surface area (Å²) in [6.07, 6.45) is 2.02. The van der Waals surface area contributed by atoms with Crippen molar-refractivity contribution in [3.05, 3.63) is 51.8 Å². The van der Waals surface area contributed by atoms with Crippen LogP contribution in [0, 0.1) is 0 Å². The fourth-order valence-corrected chi connectivity index (χ4v) is 3.25. The second-order valence-corrected chi connectivity index (χ2v) is 6.80. The number of H-pyrrole nitrogens is 1. The van der Waals surface area contributed by atoms with Gasteiger partial charge in [-0.1, -0.05) is 35.3 Å². The summed E-state index contributed by atoms with van der Waals surface area (Å²) in [5.41, 5.74) is 1.35. The van der Waals surface area contributed by atoms with Gasteiger partial charge in [0.2, 0.25) is 0 Å². The molecule has 1 aliphatic heterocycles. The van der Waals surface area contributed by atoms with Crippen molar-refractivity contribution in [1.82, 2.24) is 9.88 Å². The number of aromatic nitrogens is 1. The summed E-state index contributed by atoms with van der Waals surface area (Å²) in [4.78, 5) is 17.5. The third-order valence-corrected chi connectivity index (χ3v) is 4.89. The maximum Gasteiger partial charge on any atom is 0.270 e. The molecule has 1 aliphatic rings. The van der Waals surface area contributed by atoms with E-state index in [1.807, 2.05) is 24.3 Å². The number of hydrogen-bond acceptors (Lipinski definition) is 3. The maximum absolute atomic E-state index is 12.9. The van der Waals surface area contributed by atoms with Crippen molar-refractivity contribution in [1.29, 1.82) is 0 Å². The first kappa shape index (κ1) is 18.1. The van der Waals surface area contributed by atoms with Crippen LogP contribution in [0.2, 0.25) is 10.2 Å². The van der Waals surface area contributed by atoms with Crippen molar-refractivity contribution in [2.45, 2.75) is 25.5 Å². The van der Waals surface area contributed by atoms with Gasteiger partial charge in [-0.2, -0.15) is 0 Å². The molecule has 2 aromatic rings. The lowest BCUT2D eigenvalue weighted by atomic mass is 10.1. The molecule has 1 aromatic heterocycles. The highest BCUT2D eigenvalue weighted by molar-refractivity contribution is 6.41. The first-order valence-corrected chi connectivity index (χ1v) is 8.90. The van der Waals surface area contributed by atoms with Crippen LogP contribution >= 0.6 is 23.2 Å². The number of nitrogens with zero attached hydrogens (tertiary/aromatic N) is 1. The second-order valence-electron chi connectivity index (χ2n) is 6.02. The van der Waals surface area contributed by atoms with Gasteiger partial charge in [0.15, 0.2) is 0 Å². The Kier molecular flexibility index (Phi) is 5.89. The Morgan fingerprint density at radius 1 is 1.40 bits per heavy atom. The first-order chi connectivity index (χ1) is 12.1. The van der Waals surface area contributed by atoms with Crippen LogP contribution < -0.4 is 4.74 Å². The van der Waals surface area contributed by atoms with Gasteiger partial charge in [-0.05, 0) is 36.6 Å². The molecule has 1 N–H and O–H groups in total. The molecule has 7 heteroatoms. The highest BCUT2D eigenvalue weighted by Gasteiger charge is 2.25. The van der Waals surface area contributed by atoms with Gasteiger partial charge in [-0.25, -0.2) is 0 Å². The van der Waals surface area contributed by atoms with Crippen LogP contribution in [0.4, 0.5) is 0 Å². The Morgan fingerprint density at radius 2 is 2.24 bits per heavy atom. The van der Waals surface area contributed by atoms with E-state index in [1.54, 1.807) is 18.1 Å². The molecule has 1 amide bonds. The van der Waals surface area contributed by atoms with E-state index in [9.17, 15) is 4.79 Å². The molecule has 1 unspecified atom stereocenters. The zero-order valence-corrected chi connectivity index (χ0v) is 15.4. The second kappa shape index (κ2) is 8.13. The van der Waals surface area contributed by atoms with E-state index in [0.717, 1.165) is 30.8 Å². The maximum atomic E-state index is 12.9. The molecule has 1 atom stereocenters. The van der Waals surface area contributed by atoms with Crippen LogP contribution in [-0.4, -0.2) is 42.2 Å². The minimum absolute atomic E-state index is 0.0514. The largest absolute Gasteiger partial charge is 0.497 e. The zero-order chi connectivity index (χ0) is 17.8. The molecule has 1 aromatic carbocycles. The first-order valence-electron chi connectivity index (χ1n) is 8.14. The third kappa shape index (κ3) is 4.48. The number of nitrogens with one attached hydrogen (secondary N) is 1. The lowest BCUT2D eigenvalue weighted by Crippen LogP contribution is -2.37. The summed E-state index contributed by atoms with van der Waals surface area (Å²) < 4.78 is 11.0. The normalized spacial score (nSPS) is 16.8. The van der Waals surface area contributed by atoms with Crippen LogP contribution in [0.15, 0.2) is 30.3 Å². The van der Waals surface area contributed by atoms with Gasteiger partial charge in [0, 0.05) is 19.7 Å². The van der Waals surface area contributed by atoms with Crippen LogP contribution in [0.5, 0.6) is 5.75 Å². The van der Waals surface area contributed by atoms with Gasteiger partial charge < -0.3 is 19.4 Å². The topological polar surface area (TPSA) is 54.6 Å². The average Bonchev–Trinajstić information content (AvgIpc) is 3.24. The summed E-state index contributed by atoms with van der Waals surface area (Å²) in [5, 5.41) is 0.604. The van der Waals surface area contributed by atoms with Gasteiger partial charge in [-0.3, -0.25) is 4.79 Å². The average molecular weight is 383 g/mol. The zero-order valence-electron chi connectivity index (χ0n) is 13.9. The molecule has 0 spiro atoms. The van der Waals surface area contributed by atoms with E-state index in [0.29, 0.717) is 23.8 Å². The highest BCUT2D eigenvalue weighted by Crippen LogP contribution is 2.24. The molecule has 1 fully saturated rings. The van der Waals surface area contributed by atoms with Crippen molar-refractivity contribution in [3.63, 3.8) is 0 Å². The molecule has 5 nitrogen and oxygen atoms in total. The number of rotatable bonds is 6. The number of aromatic amines is 1. The number of ether oxygens (including phenoxy) is 2. The van der Waals surface area contributed by atoms with Crippen LogP contribution in [0.3, 0.4) is 0 Å². The van der Waals surface area contributed by atoms with Crippen molar-refractivity contribution in [2.75, 3.05) is 20.3 Å². The molecule has 0 radical (unpaired) electrons. The van der Waals surface area contributed by atoms with Crippen molar-refractivity contribution in [3.8, 4) is 5.75 Å². The Hall–Kier alpha value is -1.69. The van der Waals surface area contributed by atoms with E-state index < -0.39 is 0 Å². The van der Waals surface area contributed by atoms with Gasteiger partial charge >= 0.3 is 0 Å². The number of methoxy groups -OCH3 is 1. The molecule has 0 aliphatic carbocycles. The number of carbonyl (C=O) groups is 1. The number of hydrogen-bond donors (Lipinski definition) is 1. The summed E-state index contributed by atoms with van der Waals surface area (Å²) in [5.74, 6) is 0.597. The lowest BCUT2D eigenvalue weighted by molar-refractivity contribution is 0.0503. The molecule has 25 heavy (non-hydrogen) atoms. The molecule has 3 rings (SSSR count). The van der Waals surface area contributed by atoms with E-state index in [-0.39, 0.29) is 17.2 Å². The Labute approximate surface area is 156 Å². The fourth-order valence-electron chi connectivity index (χ4n) is 2.93. The Bertz CT molecular complexity index is 722. The van der Waals surface area contributed by atoms with Crippen LogP contribution in [-0.2, 0) is 11.3 Å². The van der Waals surface area contributed by atoms with Crippen molar-refractivity contribution >= 4 is 29.1 Å². The summed E-state index contributed by atoms with van der Waals surface area (Å²) in [6, 6.07) is 9.23. The minimum atomic E-state index is -0.160. The summed E-state index contributed by atoms with van der Waals surface area (Å²) in [7, 11) is 1.62. The van der Waals surface area contributed by atoms with Crippen LogP contribution in [0.25, 0.3) is 0 Å². The van der Waals surface area contributed by atoms with Gasteiger partial charge in [0.1, 0.15) is 16.6 Å². The number of amides is 1. The highest BCUT2D eigenvalue weighted by atomic mass is 35.5. The number of benzene rings is 1. The predicted molar refractivity (Wildman–Crippen MR) is 97.5 cm³/mol. The van der Waals surface area contributed by atoms with Gasteiger partial charge in [0.25, 0.3) is 5.91 Å². The molecular weight excluding hydrogens is 363 g/mol. The number of halogens is 2. The standard InChI is InChI=1S/C18H20Cl2N2O3/c1-24-13-5-2-4-12(8-13)10-22(11-14-6-3-7-25-14)18(23)16-9-15(19)17(20)21-16/h2,4-5,8-9,14,21H,3,6-7,10-11H2,1H3. The Morgan fingerprint density at radius 3 is 2.88 bits per heavy atom. The molecule has 134 valence electrons. The molecule has 0 saturated carbocycles. The van der Waals surface area contributed by atoms with Crippen molar-refractivity contribution in [2.24, 2.45) is 0 Å². The van der Waals surface area contributed by atoms with Gasteiger partial charge in [0.05, 0.1) is 18.2 Å². The molecule has 1 saturated heterocycles. The van der Waals surface area contributed by atoms with E-state index in [4.69, 9.17) is 32.7 Å². The van der Waals surface area contributed by atoms with E-state index >= 15 is 0 Å². The molecule has 2 heterocycles. The van der Waals surface area contributed by atoms with Gasteiger partial charge in [-0.15, -0.1) is 0 Å². The molecular formula is C18H20Cl2N2O3. The lowest BCUT2D eigenvalue weighted by Gasteiger charge is -2.25. The van der Waals surface area contributed by atoms with E-state index in [1.165, 1.54) is 0 Å². The summed E-state index contributed by atoms with van der Waals surface area (Å²) in [6.45, 7) is 1.71.